The molecule has 0 radical (unpaired) electrons. The first-order valence-corrected chi connectivity index (χ1v) is 8.04. The number of piperidine rings is 1. The zero-order chi connectivity index (χ0) is 18.7. The first-order valence-electron chi connectivity index (χ1n) is 8.04. The predicted molar refractivity (Wildman–Crippen MR) is 91.9 cm³/mol. The van der Waals surface area contributed by atoms with E-state index in [4.69, 9.17) is 11.1 Å². The van der Waals surface area contributed by atoms with Crippen LogP contribution in [-0.4, -0.2) is 51.0 Å². The predicted octanol–water partition coefficient (Wildman–Crippen LogP) is 2.39. The monoisotopic (exact) mass is 365 g/mol. The second kappa shape index (κ2) is 7.24. The Kier molecular flexibility index (Phi) is 5.03. The number of aromatic amines is 1. The number of nitrogens with zero attached hydrogens (tertiary/aromatic N) is 4. The minimum Gasteiger partial charge on any atom is -0.355 e. The van der Waals surface area contributed by atoms with Gasteiger partial charge >= 0.3 is 6.18 Å². The van der Waals surface area contributed by atoms with Crippen LogP contribution < -0.4 is 10.6 Å². The molecular weight excluding hydrogens is 347 g/mol. The summed E-state index contributed by atoms with van der Waals surface area (Å²) in [6, 6.07) is 1.89. The van der Waals surface area contributed by atoms with Gasteiger partial charge in [-0.1, -0.05) is 0 Å². The van der Waals surface area contributed by atoms with E-state index in [2.05, 4.69) is 24.8 Å². The van der Waals surface area contributed by atoms with Crippen molar-refractivity contribution in [3.8, 4) is 11.4 Å². The van der Waals surface area contributed by atoms with Gasteiger partial charge in [-0.2, -0.15) is 13.2 Å². The van der Waals surface area contributed by atoms with E-state index in [0.717, 1.165) is 31.3 Å². The molecule has 1 unspecified atom stereocenters. The number of imidazole rings is 1. The third-order valence-electron chi connectivity index (χ3n) is 4.02. The Hall–Kier alpha value is -2.75. The highest BCUT2D eigenvalue weighted by Crippen LogP contribution is 2.22. The van der Waals surface area contributed by atoms with Crippen molar-refractivity contribution in [2.45, 2.75) is 25.1 Å². The van der Waals surface area contributed by atoms with Crippen LogP contribution in [0.2, 0.25) is 0 Å². The molecule has 0 amide bonds. The largest absolute Gasteiger partial charge is 0.432 e. The summed E-state index contributed by atoms with van der Waals surface area (Å²) in [5.41, 5.74) is 5.68. The number of aromatic nitrogens is 4. The molecule has 0 aromatic carbocycles. The molecule has 1 aliphatic rings. The Morgan fingerprint density at radius 3 is 2.88 bits per heavy atom. The van der Waals surface area contributed by atoms with E-state index in [-0.39, 0.29) is 11.9 Å². The zero-order valence-electron chi connectivity index (χ0n) is 13.8. The van der Waals surface area contributed by atoms with E-state index in [1.54, 1.807) is 6.07 Å². The quantitative estimate of drug-likeness (QED) is 0.721. The highest BCUT2D eigenvalue weighted by Gasteiger charge is 2.32. The summed E-state index contributed by atoms with van der Waals surface area (Å²) >= 11 is 0. The molecule has 0 aliphatic carbocycles. The molecule has 2 aromatic heterocycles. The average molecular weight is 365 g/mol. The van der Waals surface area contributed by atoms with Gasteiger partial charge in [-0.3, -0.25) is 5.41 Å². The van der Waals surface area contributed by atoms with E-state index >= 15 is 0 Å². The molecule has 1 aliphatic heterocycles. The summed E-state index contributed by atoms with van der Waals surface area (Å²) < 4.78 is 37.0. The van der Waals surface area contributed by atoms with Crippen molar-refractivity contribution in [2.24, 2.45) is 5.73 Å². The van der Waals surface area contributed by atoms with Crippen LogP contribution in [0.4, 0.5) is 19.0 Å². The lowest BCUT2D eigenvalue weighted by atomic mass is 10.1. The fourth-order valence-corrected chi connectivity index (χ4v) is 2.69. The SMILES string of the molecule is N=C(/C=C\c1ncc(-c2cc(N3CCCC(N)C3)ncn2)[nH]1)C(F)(F)F. The topological polar surface area (TPSA) is 108 Å². The molecule has 0 bridgehead atoms. The number of nitrogens with two attached hydrogens (primary N) is 1. The molecule has 1 atom stereocenters. The van der Waals surface area contributed by atoms with Crippen LogP contribution in [0.25, 0.3) is 17.5 Å². The average Bonchev–Trinajstić information content (AvgIpc) is 3.08. The van der Waals surface area contributed by atoms with E-state index in [9.17, 15) is 13.2 Å². The Morgan fingerprint density at radius 1 is 1.35 bits per heavy atom. The Balaban J connectivity index is 1.76. The smallest absolute Gasteiger partial charge is 0.355 e. The van der Waals surface area contributed by atoms with Gasteiger partial charge in [-0.15, -0.1) is 0 Å². The molecule has 7 nitrogen and oxygen atoms in total. The Labute approximate surface area is 147 Å². The summed E-state index contributed by atoms with van der Waals surface area (Å²) in [6.07, 6.45) is 1.96. The van der Waals surface area contributed by atoms with Gasteiger partial charge in [0.15, 0.2) is 0 Å². The first kappa shape index (κ1) is 18.1. The normalized spacial score (nSPS) is 18.5. The van der Waals surface area contributed by atoms with Gasteiger partial charge in [0.2, 0.25) is 0 Å². The Morgan fingerprint density at radius 2 is 2.15 bits per heavy atom. The molecule has 10 heteroatoms. The highest BCUT2D eigenvalue weighted by atomic mass is 19.4. The molecule has 4 N–H and O–H groups in total. The van der Waals surface area contributed by atoms with Crippen molar-refractivity contribution >= 4 is 17.6 Å². The standard InChI is InChI=1S/C16H18F3N7/c17-16(18,19)13(21)3-4-14-22-7-12(25-14)11-6-15(24-9-23-11)26-5-1-2-10(20)8-26/h3-4,6-7,9-10,21H,1-2,5,8,20H2,(H,22,25)/b4-3-,21-13?. The number of rotatable bonds is 4. The van der Waals surface area contributed by atoms with Crippen molar-refractivity contribution in [3.05, 3.63) is 30.5 Å². The second-order valence-corrected chi connectivity index (χ2v) is 6.04. The van der Waals surface area contributed by atoms with Crippen LogP contribution in [-0.2, 0) is 0 Å². The molecule has 3 heterocycles. The van der Waals surface area contributed by atoms with E-state index < -0.39 is 11.9 Å². The van der Waals surface area contributed by atoms with Crippen molar-refractivity contribution in [2.75, 3.05) is 18.0 Å². The van der Waals surface area contributed by atoms with E-state index in [1.807, 2.05) is 0 Å². The fourth-order valence-electron chi connectivity index (χ4n) is 2.69. The van der Waals surface area contributed by atoms with Gasteiger partial charge in [0.25, 0.3) is 0 Å². The van der Waals surface area contributed by atoms with Crippen LogP contribution in [0.1, 0.15) is 18.7 Å². The van der Waals surface area contributed by atoms with Crippen molar-refractivity contribution in [1.29, 1.82) is 5.41 Å². The summed E-state index contributed by atoms with van der Waals surface area (Å²) in [5, 5.41) is 6.93. The molecule has 1 fully saturated rings. The minimum atomic E-state index is -4.68. The van der Waals surface area contributed by atoms with Crippen LogP contribution in [0.15, 0.2) is 24.7 Å². The first-order chi connectivity index (χ1) is 12.3. The maximum atomic E-state index is 12.3. The zero-order valence-corrected chi connectivity index (χ0v) is 13.8. The molecule has 1 saturated heterocycles. The maximum absolute atomic E-state index is 12.3. The van der Waals surface area contributed by atoms with E-state index in [0.29, 0.717) is 24.0 Å². The molecule has 2 aromatic rings. The van der Waals surface area contributed by atoms with Crippen molar-refractivity contribution < 1.29 is 13.2 Å². The van der Waals surface area contributed by atoms with Gasteiger partial charge in [0.05, 0.1) is 17.6 Å². The van der Waals surface area contributed by atoms with Gasteiger partial charge < -0.3 is 15.6 Å². The highest BCUT2D eigenvalue weighted by molar-refractivity contribution is 5.99. The molecule has 3 rings (SSSR count). The van der Waals surface area contributed by atoms with Crippen LogP contribution >= 0.6 is 0 Å². The fraction of sp³-hybridized carbons (Fsp3) is 0.375. The van der Waals surface area contributed by atoms with Gasteiger partial charge in [0.1, 0.15) is 23.7 Å². The van der Waals surface area contributed by atoms with Gasteiger partial charge in [0, 0.05) is 25.2 Å². The molecule has 0 spiro atoms. The third kappa shape index (κ3) is 4.26. The molecule has 138 valence electrons. The number of hydrogen-bond acceptors (Lipinski definition) is 6. The molecular formula is C16H18F3N7. The number of allylic oxidation sites excluding steroid dienone is 1. The van der Waals surface area contributed by atoms with Crippen molar-refractivity contribution in [1.82, 2.24) is 19.9 Å². The molecule has 26 heavy (non-hydrogen) atoms. The van der Waals surface area contributed by atoms with Crippen LogP contribution in [0.3, 0.4) is 0 Å². The number of hydrogen-bond donors (Lipinski definition) is 3. The van der Waals surface area contributed by atoms with Crippen LogP contribution in [0.5, 0.6) is 0 Å². The van der Waals surface area contributed by atoms with Gasteiger partial charge in [-0.25, -0.2) is 15.0 Å². The minimum absolute atomic E-state index is 0.106. The lowest BCUT2D eigenvalue weighted by Gasteiger charge is -2.31. The second-order valence-electron chi connectivity index (χ2n) is 6.04. The maximum Gasteiger partial charge on any atom is 0.432 e. The Bertz CT molecular complexity index is 812. The van der Waals surface area contributed by atoms with Gasteiger partial charge in [-0.05, 0) is 25.0 Å². The summed E-state index contributed by atoms with van der Waals surface area (Å²) in [4.78, 5) is 17.4. The number of halogens is 3. The number of alkyl halides is 3. The lowest BCUT2D eigenvalue weighted by molar-refractivity contribution is -0.0583. The third-order valence-corrected chi connectivity index (χ3v) is 4.02. The summed E-state index contributed by atoms with van der Waals surface area (Å²) in [7, 11) is 0. The molecule has 0 saturated carbocycles. The number of nitrogens with one attached hydrogen (secondary N) is 2. The van der Waals surface area contributed by atoms with Crippen molar-refractivity contribution in [3.63, 3.8) is 0 Å². The summed E-state index contributed by atoms with van der Waals surface area (Å²) in [5.74, 6) is 0.949. The number of anilines is 1. The van der Waals surface area contributed by atoms with Crippen LogP contribution in [0, 0.1) is 5.41 Å². The van der Waals surface area contributed by atoms with E-state index in [1.165, 1.54) is 12.5 Å². The lowest BCUT2D eigenvalue weighted by Crippen LogP contribution is -2.43. The summed E-state index contributed by atoms with van der Waals surface area (Å²) in [6.45, 7) is 1.58. The number of H-pyrrole nitrogens is 1.